The predicted molar refractivity (Wildman–Crippen MR) is 75.1 cm³/mol. The molecule has 0 atom stereocenters. The van der Waals surface area contributed by atoms with Gasteiger partial charge in [-0.3, -0.25) is 0 Å². The molecule has 0 aromatic heterocycles. The lowest BCUT2D eigenvalue weighted by Gasteiger charge is -2.21. The van der Waals surface area contributed by atoms with E-state index in [2.05, 4.69) is 25.7 Å². The Morgan fingerprint density at radius 2 is 1.38 bits per heavy atom. The quantitative estimate of drug-likeness (QED) is 0.734. The SMILES string of the molecule is CCCN.CCC[Si](C)(OC)OC.CNC. The highest BCUT2D eigenvalue weighted by Crippen LogP contribution is 2.12. The highest BCUT2D eigenvalue weighted by Gasteiger charge is 2.26. The molecule has 0 aliphatic rings. The first-order chi connectivity index (χ1) is 7.51. The molecule has 0 aromatic carbocycles. The van der Waals surface area contributed by atoms with Crippen LogP contribution >= 0.6 is 0 Å². The third-order valence-electron chi connectivity index (χ3n) is 1.86. The van der Waals surface area contributed by atoms with E-state index in [1.165, 1.54) is 0 Å². The van der Waals surface area contributed by atoms with E-state index in [1.54, 1.807) is 14.2 Å². The average molecular weight is 252 g/mol. The van der Waals surface area contributed by atoms with Crippen LogP contribution in [0.15, 0.2) is 0 Å². The first-order valence-corrected chi connectivity index (χ1v) is 8.42. The molecule has 0 rings (SSSR count). The molecule has 16 heavy (non-hydrogen) atoms. The molecule has 102 valence electrons. The van der Waals surface area contributed by atoms with Crippen LogP contribution in [-0.2, 0) is 8.85 Å². The number of rotatable bonds is 5. The van der Waals surface area contributed by atoms with E-state index in [0.717, 1.165) is 25.4 Å². The molecule has 0 spiro atoms. The summed E-state index contributed by atoms with van der Waals surface area (Å²) in [6.07, 6.45) is 2.24. The second kappa shape index (κ2) is 17.5. The Morgan fingerprint density at radius 3 is 1.44 bits per heavy atom. The van der Waals surface area contributed by atoms with Gasteiger partial charge in [-0.1, -0.05) is 20.3 Å². The van der Waals surface area contributed by atoms with E-state index in [1.807, 2.05) is 14.1 Å². The van der Waals surface area contributed by atoms with Gasteiger partial charge in [-0.25, -0.2) is 0 Å². The lowest BCUT2D eigenvalue weighted by Crippen LogP contribution is -2.35. The van der Waals surface area contributed by atoms with Gasteiger partial charge in [0, 0.05) is 14.2 Å². The van der Waals surface area contributed by atoms with Crippen LogP contribution in [0.3, 0.4) is 0 Å². The molecular formula is C11H32N2O2Si. The van der Waals surface area contributed by atoms with Crippen molar-refractivity contribution in [1.29, 1.82) is 0 Å². The normalized spacial score (nSPS) is 9.75. The Kier molecular flexibility index (Phi) is 23.3. The summed E-state index contributed by atoms with van der Waals surface area (Å²) < 4.78 is 10.5. The van der Waals surface area contributed by atoms with Crippen molar-refractivity contribution in [3.8, 4) is 0 Å². The molecule has 0 fully saturated rings. The smallest absolute Gasteiger partial charge is 0.334 e. The molecule has 0 saturated carbocycles. The zero-order chi connectivity index (χ0) is 13.4. The Morgan fingerprint density at radius 1 is 1.06 bits per heavy atom. The summed E-state index contributed by atoms with van der Waals surface area (Å²) in [5, 5.41) is 2.75. The summed E-state index contributed by atoms with van der Waals surface area (Å²) in [5.41, 5.74) is 5.03. The Labute approximate surface area is 103 Å². The molecule has 0 saturated heterocycles. The van der Waals surface area contributed by atoms with Gasteiger partial charge in [0.15, 0.2) is 0 Å². The van der Waals surface area contributed by atoms with Crippen LogP contribution in [-0.4, -0.2) is 43.4 Å². The molecule has 0 aliphatic carbocycles. The largest absolute Gasteiger partial charge is 0.398 e. The van der Waals surface area contributed by atoms with Crippen molar-refractivity contribution < 1.29 is 8.85 Å². The van der Waals surface area contributed by atoms with Gasteiger partial charge in [0.1, 0.15) is 0 Å². The van der Waals surface area contributed by atoms with E-state index in [0.29, 0.717) is 0 Å². The molecule has 0 radical (unpaired) electrons. The summed E-state index contributed by atoms with van der Waals surface area (Å²) in [6.45, 7) is 7.10. The van der Waals surface area contributed by atoms with Crippen molar-refractivity contribution in [2.75, 3.05) is 34.9 Å². The standard InChI is InChI=1S/C6H16O2Si.C3H9N.C2H7N/c1-5-6-9(4,7-2)8-3;1-2-3-4;1-3-2/h5-6H2,1-4H3;2-4H2,1H3;3H,1-2H3. The van der Waals surface area contributed by atoms with E-state index >= 15 is 0 Å². The van der Waals surface area contributed by atoms with Crippen molar-refractivity contribution in [3.63, 3.8) is 0 Å². The van der Waals surface area contributed by atoms with Gasteiger partial charge in [-0.05, 0) is 39.7 Å². The maximum atomic E-state index is 5.24. The minimum absolute atomic E-state index is 0.819. The predicted octanol–water partition coefficient (Wildman–Crippen LogP) is 1.95. The Hall–Kier alpha value is 0.0569. The number of hydrogen-bond acceptors (Lipinski definition) is 4. The maximum absolute atomic E-state index is 5.24. The fourth-order valence-corrected chi connectivity index (χ4v) is 2.22. The van der Waals surface area contributed by atoms with E-state index in [-0.39, 0.29) is 0 Å². The molecule has 0 heterocycles. The average Bonchev–Trinajstić information content (AvgIpc) is 2.30. The Bertz CT molecular complexity index is 110. The van der Waals surface area contributed by atoms with Crippen LogP contribution in [0.25, 0.3) is 0 Å². The third kappa shape index (κ3) is 19.6. The zero-order valence-corrected chi connectivity index (χ0v) is 13.2. The second-order valence-electron chi connectivity index (χ2n) is 3.58. The van der Waals surface area contributed by atoms with Crippen molar-refractivity contribution in [3.05, 3.63) is 0 Å². The molecule has 0 unspecified atom stereocenters. The van der Waals surface area contributed by atoms with Gasteiger partial charge in [-0.15, -0.1) is 0 Å². The Balaban J connectivity index is -0.000000201. The molecule has 0 aromatic rings. The van der Waals surface area contributed by atoms with Crippen LogP contribution < -0.4 is 11.1 Å². The van der Waals surface area contributed by atoms with Crippen LogP contribution in [0.4, 0.5) is 0 Å². The summed E-state index contributed by atoms with van der Waals surface area (Å²) in [5.74, 6) is 0. The topological polar surface area (TPSA) is 56.5 Å². The molecule has 0 bridgehead atoms. The van der Waals surface area contributed by atoms with Gasteiger partial charge in [0.25, 0.3) is 0 Å². The van der Waals surface area contributed by atoms with E-state index in [4.69, 9.17) is 14.6 Å². The highest BCUT2D eigenvalue weighted by atomic mass is 28.4. The van der Waals surface area contributed by atoms with Crippen LogP contribution in [0, 0.1) is 0 Å². The summed E-state index contributed by atoms with van der Waals surface area (Å²) in [6, 6.07) is 1.08. The van der Waals surface area contributed by atoms with Crippen LogP contribution in [0.2, 0.25) is 12.6 Å². The summed E-state index contributed by atoms with van der Waals surface area (Å²) in [4.78, 5) is 0. The first kappa shape index (κ1) is 21.4. The van der Waals surface area contributed by atoms with E-state index < -0.39 is 8.56 Å². The minimum Gasteiger partial charge on any atom is -0.398 e. The first-order valence-electron chi connectivity index (χ1n) is 5.90. The summed E-state index contributed by atoms with van der Waals surface area (Å²) >= 11 is 0. The summed E-state index contributed by atoms with van der Waals surface area (Å²) in [7, 11) is 5.51. The van der Waals surface area contributed by atoms with Gasteiger partial charge in [0.2, 0.25) is 0 Å². The number of hydrogen-bond donors (Lipinski definition) is 2. The lowest BCUT2D eigenvalue weighted by atomic mass is 10.5. The fourth-order valence-electron chi connectivity index (χ4n) is 0.742. The van der Waals surface area contributed by atoms with Crippen LogP contribution in [0.5, 0.6) is 0 Å². The van der Waals surface area contributed by atoms with Crippen molar-refractivity contribution in [2.24, 2.45) is 5.73 Å². The van der Waals surface area contributed by atoms with Crippen molar-refractivity contribution >= 4 is 8.56 Å². The second-order valence-corrected chi connectivity index (χ2v) is 7.16. The number of nitrogens with two attached hydrogens (primary N) is 1. The minimum atomic E-state index is -1.70. The molecule has 5 heteroatoms. The monoisotopic (exact) mass is 252 g/mol. The molecule has 3 N–H and O–H groups in total. The van der Waals surface area contributed by atoms with Gasteiger partial charge < -0.3 is 19.9 Å². The molecular weight excluding hydrogens is 220 g/mol. The van der Waals surface area contributed by atoms with Gasteiger partial charge in [0.05, 0.1) is 0 Å². The van der Waals surface area contributed by atoms with Gasteiger partial charge >= 0.3 is 8.56 Å². The van der Waals surface area contributed by atoms with Crippen molar-refractivity contribution in [2.45, 2.75) is 39.3 Å². The van der Waals surface area contributed by atoms with Gasteiger partial charge in [-0.2, -0.15) is 0 Å². The molecule has 0 amide bonds. The fraction of sp³-hybridized carbons (Fsp3) is 1.00. The molecule has 4 nitrogen and oxygen atoms in total. The van der Waals surface area contributed by atoms with Crippen molar-refractivity contribution in [1.82, 2.24) is 5.32 Å². The lowest BCUT2D eigenvalue weighted by molar-refractivity contribution is 0.249. The molecule has 0 aliphatic heterocycles. The number of nitrogens with one attached hydrogen (secondary N) is 1. The third-order valence-corrected chi connectivity index (χ3v) is 4.99. The van der Waals surface area contributed by atoms with E-state index in [9.17, 15) is 0 Å². The maximum Gasteiger partial charge on any atom is 0.334 e. The van der Waals surface area contributed by atoms with Crippen LogP contribution in [0.1, 0.15) is 26.7 Å². The zero-order valence-electron chi connectivity index (χ0n) is 12.2. The highest BCUT2D eigenvalue weighted by molar-refractivity contribution is 6.65.